The van der Waals surface area contributed by atoms with Crippen LogP contribution in [0.25, 0.3) is 0 Å². The summed E-state index contributed by atoms with van der Waals surface area (Å²) in [5.41, 5.74) is 0. The minimum absolute atomic E-state index is 0.0527. The molecule has 1 fully saturated rings. The Morgan fingerprint density at radius 3 is 2.46 bits per heavy atom. The molecule has 1 amide bonds. The molecule has 1 aliphatic heterocycles. The molecule has 0 aromatic carbocycles. The van der Waals surface area contributed by atoms with Crippen LogP contribution in [0, 0.1) is 0 Å². The van der Waals surface area contributed by atoms with Crippen molar-refractivity contribution in [1.29, 1.82) is 0 Å². The summed E-state index contributed by atoms with van der Waals surface area (Å²) in [6.45, 7) is 16.6. The second-order valence-corrected chi connectivity index (χ2v) is 14.3. The maximum atomic E-state index is 12.2. The van der Waals surface area contributed by atoms with E-state index in [1.807, 2.05) is 18.7 Å². The second-order valence-electron chi connectivity index (χ2n) is 9.52. The number of hydrogen-bond donors (Lipinski definition) is 0. The van der Waals surface area contributed by atoms with E-state index in [-0.39, 0.29) is 29.2 Å². The molecule has 0 aromatic rings. The smallest absolute Gasteiger partial charge is 0.410 e. The Balaban J connectivity index is 2.38. The molecule has 28 heavy (non-hydrogen) atoms. The maximum absolute atomic E-state index is 12.2. The summed E-state index contributed by atoms with van der Waals surface area (Å²) >= 11 is 0. The van der Waals surface area contributed by atoms with Crippen molar-refractivity contribution in [1.82, 2.24) is 4.90 Å². The van der Waals surface area contributed by atoms with Crippen molar-refractivity contribution >= 4 is 20.4 Å². The van der Waals surface area contributed by atoms with E-state index in [0.717, 1.165) is 32.1 Å². The van der Waals surface area contributed by atoms with Gasteiger partial charge in [-0.1, -0.05) is 33.6 Å². The highest BCUT2D eigenvalue weighted by atomic mass is 28.4. The van der Waals surface area contributed by atoms with Crippen molar-refractivity contribution in [2.75, 3.05) is 19.8 Å². The summed E-state index contributed by atoms with van der Waals surface area (Å²) < 4.78 is 16.7. The maximum Gasteiger partial charge on any atom is 0.410 e. The fourth-order valence-corrected chi connectivity index (χ4v) is 3.91. The number of ether oxygens (including phenoxy) is 2. The molecule has 1 unspecified atom stereocenters. The number of nitrogens with zero attached hydrogens (tertiary/aromatic N) is 1. The van der Waals surface area contributed by atoms with Crippen LogP contribution in [-0.2, 0) is 18.7 Å². The van der Waals surface area contributed by atoms with Crippen molar-refractivity contribution in [3.63, 3.8) is 0 Å². The predicted molar refractivity (Wildman–Crippen MR) is 114 cm³/mol. The van der Waals surface area contributed by atoms with Gasteiger partial charge in [-0.15, -0.1) is 0 Å². The summed E-state index contributed by atoms with van der Waals surface area (Å²) in [5.74, 6) is -0.127. The first-order chi connectivity index (χ1) is 12.9. The first kappa shape index (κ1) is 25.0. The number of esters is 1. The third-order valence-corrected chi connectivity index (χ3v) is 10.2. The summed E-state index contributed by atoms with van der Waals surface area (Å²) in [6.07, 6.45) is 4.68. The normalized spacial score (nSPS) is 18.4. The van der Waals surface area contributed by atoms with Gasteiger partial charge in [0, 0.05) is 19.4 Å². The van der Waals surface area contributed by atoms with Gasteiger partial charge in [0.05, 0.1) is 25.4 Å². The summed E-state index contributed by atoms with van der Waals surface area (Å²) in [6, 6.07) is 0.0939. The van der Waals surface area contributed by atoms with Gasteiger partial charge in [0.2, 0.25) is 0 Å². The van der Waals surface area contributed by atoms with Crippen LogP contribution in [0.4, 0.5) is 4.79 Å². The van der Waals surface area contributed by atoms with E-state index in [2.05, 4.69) is 33.9 Å². The Morgan fingerprint density at radius 1 is 1.21 bits per heavy atom. The lowest BCUT2D eigenvalue weighted by atomic mass is 10.1. The minimum Gasteiger partial charge on any atom is -0.463 e. The number of carbonyl (C=O) groups is 2. The molecule has 1 saturated heterocycles. The van der Waals surface area contributed by atoms with E-state index in [4.69, 9.17) is 13.9 Å². The highest BCUT2D eigenvalue weighted by molar-refractivity contribution is 6.74. The number of unbranched alkanes of at least 4 members (excludes halogenated alkanes) is 3. The van der Waals surface area contributed by atoms with Crippen LogP contribution in [0.2, 0.25) is 18.1 Å². The van der Waals surface area contributed by atoms with Gasteiger partial charge in [0.15, 0.2) is 8.32 Å². The van der Waals surface area contributed by atoms with Crippen molar-refractivity contribution < 1.29 is 23.5 Å². The Hall–Kier alpha value is -1.08. The number of hydrogen-bond acceptors (Lipinski definition) is 5. The molecule has 6 nitrogen and oxygen atoms in total. The van der Waals surface area contributed by atoms with Crippen molar-refractivity contribution in [3.8, 4) is 0 Å². The second kappa shape index (κ2) is 11.2. The van der Waals surface area contributed by atoms with E-state index in [0.29, 0.717) is 26.2 Å². The largest absolute Gasteiger partial charge is 0.463 e. The predicted octanol–water partition coefficient (Wildman–Crippen LogP) is 5.12. The number of cyclic esters (lactones) is 1. The van der Waals surface area contributed by atoms with E-state index in [1.165, 1.54) is 0 Å². The number of rotatable bonds is 11. The van der Waals surface area contributed by atoms with Gasteiger partial charge in [-0.3, -0.25) is 4.79 Å². The van der Waals surface area contributed by atoms with Gasteiger partial charge in [0.25, 0.3) is 0 Å². The van der Waals surface area contributed by atoms with Crippen molar-refractivity contribution in [2.24, 2.45) is 0 Å². The standard InChI is InChI=1S/C21H41NO5Si/c1-17(2)27-19(23)12-10-8-9-11-14-22-18(13-15-25-20(22)24)16-26-28(6,7)21(3,4)5/h17-18H,8-16H2,1-7H3. The Bertz CT molecular complexity index is 502. The first-order valence-corrected chi connectivity index (χ1v) is 13.6. The number of amides is 1. The Kier molecular flexibility index (Phi) is 9.97. The van der Waals surface area contributed by atoms with Crippen molar-refractivity contribution in [2.45, 2.75) is 103 Å². The fourth-order valence-electron chi connectivity index (χ4n) is 2.87. The lowest BCUT2D eigenvalue weighted by Crippen LogP contribution is -2.51. The van der Waals surface area contributed by atoms with E-state index >= 15 is 0 Å². The summed E-state index contributed by atoms with van der Waals surface area (Å²) in [7, 11) is -1.83. The molecule has 0 aromatic heterocycles. The van der Waals surface area contributed by atoms with E-state index in [1.54, 1.807) is 0 Å². The number of carbonyl (C=O) groups excluding carboxylic acids is 2. The van der Waals surface area contributed by atoms with Crippen LogP contribution < -0.4 is 0 Å². The molecule has 0 bridgehead atoms. The molecule has 0 saturated carbocycles. The monoisotopic (exact) mass is 415 g/mol. The molecule has 0 N–H and O–H groups in total. The van der Waals surface area contributed by atoms with Crippen LogP contribution in [0.15, 0.2) is 0 Å². The van der Waals surface area contributed by atoms with Crippen LogP contribution in [0.1, 0.15) is 73.1 Å². The lowest BCUT2D eigenvalue weighted by Gasteiger charge is -2.40. The average molecular weight is 416 g/mol. The van der Waals surface area contributed by atoms with Gasteiger partial charge >= 0.3 is 12.1 Å². The van der Waals surface area contributed by atoms with E-state index < -0.39 is 8.32 Å². The Morgan fingerprint density at radius 2 is 1.86 bits per heavy atom. The van der Waals surface area contributed by atoms with Crippen LogP contribution in [0.5, 0.6) is 0 Å². The molecule has 1 heterocycles. The molecule has 0 radical (unpaired) electrons. The molecule has 1 aliphatic rings. The molecular weight excluding hydrogens is 374 g/mol. The fraction of sp³-hybridized carbons (Fsp3) is 0.905. The average Bonchev–Trinajstić information content (AvgIpc) is 2.56. The lowest BCUT2D eigenvalue weighted by molar-refractivity contribution is -0.147. The van der Waals surface area contributed by atoms with Gasteiger partial charge in [0.1, 0.15) is 0 Å². The summed E-state index contributed by atoms with van der Waals surface area (Å²) in [4.78, 5) is 25.6. The van der Waals surface area contributed by atoms with Gasteiger partial charge < -0.3 is 18.8 Å². The molecule has 0 spiro atoms. The molecule has 7 heteroatoms. The minimum atomic E-state index is -1.83. The van der Waals surface area contributed by atoms with Crippen LogP contribution in [0.3, 0.4) is 0 Å². The van der Waals surface area contributed by atoms with Gasteiger partial charge in [-0.05, 0) is 44.8 Å². The SMILES string of the molecule is CC(C)OC(=O)CCCCCCN1C(=O)OCCC1CO[Si](C)(C)C(C)(C)C. The van der Waals surface area contributed by atoms with Crippen molar-refractivity contribution in [3.05, 3.63) is 0 Å². The first-order valence-electron chi connectivity index (χ1n) is 10.7. The third-order valence-electron chi connectivity index (χ3n) is 5.69. The van der Waals surface area contributed by atoms with Crippen LogP contribution in [-0.4, -0.2) is 57.2 Å². The summed E-state index contributed by atoms with van der Waals surface area (Å²) in [5, 5.41) is 0.156. The third kappa shape index (κ3) is 8.51. The molecular formula is C21H41NO5Si. The van der Waals surface area contributed by atoms with E-state index in [9.17, 15) is 9.59 Å². The zero-order valence-electron chi connectivity index (χ0n) is 19.0. The topological polar surface area (TPSA) is 65.1 Å². The molecule has 1 rings (SSSR count). The molecule has 164 valence electrons. The van der Waals surface area contributed by atoms with Gasteiger partial charge in [-0.25, -0.2) is 4.79 Å². The van der Waals surface area contributed by atoms with Crippen LogP contribution >= 0.6 is 0 Å². The highest BCUT2D eigenvalue weighted by Crippen LogP contribution is 2.37. The quantitative estimate of drug-likeness (QED) is 0.266. The molecule has 1 atom stereocenters. The Labute approximate surface area is 172 Å². The zero-order valence-corrected chi connectivity index (χ0v) is 20.0. The molecule has 0 aliphatic carbocycles. The zero-order chi connectivity index (χ0) is 21.4. The highest BCUT2D eigenvalue weighted by Gasteiger charge is 2.39. The van der Waals surface area contributed by atoms with Gasteiger partial charge in [-0.2, -0.15) is 0 Å².